The van der Waals surface area contributed by atoms with Gasteiger partial charge in [0, 0.05) is 37.9 Å². The summed E-state index contributed by atoms with van der Waals surface area (Å²) in [7, 11) is 1.73. The second-order valence-corrected chi connectivity index (χ2v) is 5.76. The molecule has 0 bridgehead atoms. The molecule has 0 amide bonds. The van der Waals surface area contributed by atoms with Crippen molar-refractivity contribution in [1.29, 1.82) is 0 Å². The molecule has 0 aromatic heterocycles. The predicted molar refractivity (Wildman–Crippen MR) is 87.4 cm³/mol. The quantitative estimate of drug-likeness (QED) is 0.623. The zero-order valence-corrected chi connectivity index (χ0v) is 14.1. The van der Waals surface area contributed by atoms with Crippen LogP contribution in [0.1, 0.15) is 31.2 Å². The molecule has 4 heteroatoms. The van der Waals surface area contributed by atoms with E-state index in [0.717, 1.165) is 50.2 Å². The minimum Gasteiger partial charge on any atom is -0.383 e. The Labute approximate surface area is 131 Å². The minimum absolute atomic E-state index is 0.483. The van der Waals surface area contributed by atoms with Gasteiger partial charge in [-0.15, -0.1) is 0 Å². The number of rotatable bonds is 11. The molecule has 0 aliphatic rings. The van der Waals surface area contributed by atoms with Crippen LogP contribution in [0.2, 0.25) is 0 Å². The molecule has 20 heavy (non-hydrogen) atoms. The van der Waals surface area contributed by atoms with E-state index in [9.17, 15) is 0 Å². The molecule has 1 N–H and O–H groups in total. The Hall–Kier alpha value is -0.420. The Morgan fingerprint density at radius 1 is 1.15 bits per heavy atom. The van der Waals surface area contributed by atoms with Gasteiger partial charge in [0.15, 0.2) is 0 Å². The van der Waals surface area contributed by atoms with Crippen molar-refractivity contribution >= 4 is 15.9 Å². The summed E-state index contributed by atoms with van der Waals surface area (Å²) in [5, 5.41) is 3.45. The third-order valence-corrected chi connectivity index (χ3v) is 3.70. The summed E-state index contributed by atoms with van der Waals surface area (Å²) in [6, 6.07) is 8.58. The monoisotopic (exact) mass is 343 g/mol. The van der Waals surface area contributed by atoms with Crippen LogP contribution in [0, 0.1) is 0 Å². The smallest absolute Gasteiger partial charge is 0.0587 e. The summed E-state index contributed by atoms with van der Waals surface area (Å²) >= 11 is 3.48. The van der Waals surface area contributed by atoms with Gasteiger partial charge < -0.3 is 14.8 Å². The first-order chi connectivity index (χ1) is 9.77. The standard InChI is InChI=1S/C16H26BrNO2/c1-3-10-20-11-8-15(13-18-9-12-19-2)14-4-6-16(17)7-5-14/h4-7,15,18H,3,8-13H2,1-2H3. The Morgan fingerprint density at radius 3 is 2.55 bits per heavy atom. The third kappa shape index (κ3) is 7.39. The van der Waals surface area contributed by atoms with Gasteiger partial charge in [-0.25, -0.2) is 0 Å². The lowest BCUT2D eigenvalue weighted by molar-refractivity contribution is 0.127. The van der Waals surface area contributed by atoms with E-state index in [4.69, 9.17) is 9.47 Å². The molecule has 0 fully saturated rings. The fourth-order valence-electron chi connectivity index (χ4n) is 2.04. The van der Waals surface area contributed by atoms with Gasteiger partial charge in [-0.05, 0) is 36.5 Å². The molecule has 0 saturated carbocycles. The molecule has 3 nitrogen and oxygen atoms in total. The van der Waals surface area contributed by atoms with E-state index in [0.29, 0.717) is 5.92 Å². The van der Waals surface area contributed by atoms with E-state index in [1.165, 1.54) is 5.56 Å². The molecule has 0 heterocycles. The van der Waals surface area contributed by atoms with E-state index >= 15 is 0 Å². The normalized spacial score (nSPS) is 12.6. The average molecular weight is 344 g/mol. The van der Waals surface area contributed by atoms with Gasteiger partial charge >= 0.3 is 0 Å². The van der Waals surface area contributed by atoms with E-state index in [1.807, 2.05) is 0 Å². The molecule has 0 radical (unpaired) electrons. The predicted octanol–water partition coefficient (Wildman–Crippen LogP) is 3.59. The molecule has 0 aliphatic carbocycles. The summed E-state index contributed by atoms with van der Waals surface area (Å²) in [5.41, 5.74) is 1.36. The molecule has 0 saturated heterocycles. The molecule has 0 aliphatic heterocycles. The van der Waals surface area contributed by atoms with Crippen LogP contribution < -0.4 is 5.32 Å². The number of ether oxygens (including phenoxy) is 2. The maximum Gasteiger partial charge on any atom is 0.0587 e. The SMILES string of the molecule is CCCOCCC(CNCCOC)c1ccc(Br)cc1. The second kappa shape index (κ2) is 11.3. The van der Waals surface area contributed by atoms with Gasteiger partial charge in [0.2, 0.25) is 0 Å². The fourth-order valence-corrected chi connectivity index (χ4v) is 2.31. The summed E-state index contributed by atoms with van der Waals surface area (Å²) in [4.78, 5) is 0. The average Bonchev–Trinajstić information content (AvgIpc) is 2.47. The highest BCUT2D eigenvalue weighted by molar-refractivity contribution is 9.10. The van der Waals surface area contributed by atoms with E-state index in [2.05, 4.69) is 52.4 Å². The Bertz CT molecular complexity index is 331. The zero-order chi connectivity index (χ0) is 14.6. The molecular weight excluding hydrogens is 318 g/mol. The lowest BCUT2D eigenvalue weighted by Gasteiger charge is -2.18. The Balaban J connectivity index is 2.47. The highest BCUT2D eigenvalue weighted by atomic mass is 79.9. The van der Waals surface area contributed by atoms with Gasteiger partial charge in [0.1, 0.15) is 0 Å². The number of methoxy groups -OCH3 is 1. The summed E-state index contributed by atoms with van der Waals surface area (Å²) in [6.07, 6.45) is 2.12. The van der Waals surface area contributed by atoms with Crippen LogP contribution in [0.15, 0.2) is 28.7 Å². The van der Waals surface area contributed by atoms with Crippen molar-refractivity contribution in [3.63, 3.8) is 0 Å². The number of halogens is 1. The van der Waals surface area contributed by atoms with Crippen molar-refractivity contribution < 1.29 is 9.47 Å². The molecule has 1 aromatic carbocycles. The first-order valence-corrected chi connectivity index (χ1v) is 8.10. The van der Waals surface area contributed by atoms with Crippen molar-refractivity contribution in [3.05, 3.63) is 34.3 Å². The van der Waals surface area contributed by atoms with E-state index in [1.54, 1.807) is 7.11 Å². The molecule has 1 aromatic rings. The highest BCUT2D eigenvalue weighted by Gasteiger charge is 2.11. The molecule has 1 atom stereocenters. The molecule has 1 rings (SSSR count). The Morgan fingerprint density at radius 2 is 1.90 bits per heavy atom. The first kappa shape index (κ1) is 17.6. The lowest BCUT2D eigenvalue weighted by atomic mass is 9.96. The zero-order valence-electron chi connectivity index (χ0n) is 12.5. The topological polar surface area (TPSA) is 30.5 Å². The Kier molecular flexibility index (Phi) is 9.93. The lowest BCUT2D eigenvalue weighted by Crippen LogP contribution is -2.26. The number of benzene rings is 1. The largest absolute Gasteiger partial charge is 0.383 e. The van der Waals surface area contributed by atoms with Gasteiger partial charge in [0.05, 0.1) is 6.61 Å². The number of hydrogen-bond donors (Lipinski definition) is 1. The molecule has 0 spiro atoms. The molecule has 114 valence electrons. The number of hydrogen-bond acceptors (Lipinski definition) is 3. The highest BCUT2D eigenvalue weighted by Crippen LogP contribution is 2.21. The van der Waals surface area contributed by atoms with Crippen LogP contribution in [0.3, 0.4) is 0 Å². The third-order valence-electron chi connectivity index (χ3n) is 3.17. The second-order valence-electron chi connectivity index (χ2n) is 4.85. The van der Waals surface area contributed by atoms with Gasteiger partial charge in [-0.3, -0.25) is 0 Å². The number of nitrogens with one attached hydrogen (secondary N) is 1. The minimum atomic E-state index is 0.483. The van der Waals surface area contributed by atoms with Crippen LogP contribution >= 0.6 is 15.9 Å². The van der Waals surface area contributed by atoms with Crippen molar-refractivity contribution in [2.24, 2.45) is 0 Å². The van der Waals surface area contributed by atoms with E-state index < -0.39 is 0 Å². The van der Waals surface area contributed by atoms with Crippen molar-refractivity contribution in [3.8, 4) is 0 Å². The van der Waals surface area contributed by atoms with Crippen LogP contribution in [0.25, 0.3) is 0 Å². The van der Waals surface area contributed by atoms with Crippen molar-refractivity contribution in [2.45, 2.75) is 25.7 Å². The van der Waals surface area contributed by atoms with Crippen LogP contribution in [-0.2, 0) is 9.47 Å². The van der Waals surface area contributed by atoms with Gasteiger partial charge in [-0.2, -0.15) is 0 Å². The van der Waals surface area contributed by atoms with E-state index in [-0.39, 0.29) is 0 Å². The maximum absolute atomic E-state index is 5.62. The van der Waals surface area contributed by atoms with Crippen LogP contribution in [0.4, 0.5) is 0 Å². The molecular formula is C16H26BrNO2. The van der Waals surface area contributed by atoms with Crippen molar-refractivity contribution in [2.75, 3.05) is 40.0 Å². The summed E-state index contributed by atoms with van der Waals surface area (Å²) in [6.45, 7) is 6.41. The first-order valence-electron chi connectivity index (χ1n) is 7.30. The summed E-state index contributed by atoms with van der Waals surface area (Å²) in [5.74, 6) is 0.483. The summed E-state index contributed by atoms with van der Waals surface area (Å²) < 4.78 is 11.8. The van der Waals surface area contributed by atoms with Crippen molar-refractivity contribution in [1.82, 2.24) is 5.32 Å². The maximum atomic E-state index is 5.62. The molecule has 1 unspecified atom stereocenters. The van der Waals surface area contributed by atoms with Gasteiger partial charge in [-0.1, -0.05) is 35.0 Å². The fraction of sp³-hybridized carbons (Fsp3) is 0.625. The van der Waals surface area contributed by atoms with Crippen LogP contribution in [0.5, 0.6) is 0 Å². The van der Waals surface area contributed by atoms with Crippen LogP contribution in [-0.4, -0.2) is 40.0 Å². The van der Waals surface area contributed by atoms with Gasteiger partial charge in [0.25, 0.3) is 0 Å².